The lowest BCUT2D eigenvalue weighted by Gasteiger charge is -2.17. The number of nitriles is 1. The quantitative estimate of drug-likeness (QED) is 0.860. The minimum Gasteiger partial charge on any atom is -0.496 e. The summed E-state index contributed by atoms with van der Waals surface area (Å²) in [6, 6.07) is 7.07. The van der Waals surface area contributed by atoms with Crippen LogP contribution in [0.25, 0.3) is 0 Å². The summed E-state index contributed by atoms with van der Waals surface area (Å²) in [7, 11) is 1.50. The van der Waals surface area contributed by atoms with Crippen LogP contribution < -0.4 is 4.74 Å². The molecule has 1 aromatic rings. The molecule has 1 aromatic carbocycles. The van der Waals surface area contributed by atoms with Crippen LogP contribution in [-0.4, -0.2) is 12.2 Å². The number of aliphatic hydroxyl groups is 1. The Hall–Kier alpha value is -1.24. The van der Waals surface area contributed by atoms with Gasteiger partial charge in [-0.1, -0.05) is 17.7 Å². The minimum atomic E-state index is -0.932. The smallest absolute Gasteiger partial charge is 0.126 e. The molecule has 0 bridgehead atoms. The minimum absolute atomic E-state index is 0.406. The summed E-state index contributed by atoms with van der Waals surface area (Å²) in [5.74, 6) is -0.0316. The Morgan fingerprint density at radius 2 is 2.20 bits per heavy atom. The van der Waals surface area contributed by atoms with E-state index in [0.29, 0.717) is 16.3 Å². The second-order valence-electron chi connectivity index (χ2n) is 3.22. The summed E-state index contributed by atoms with van der Waals surface area (Å²) in [5.41, 5.74) is 0.468. The summed E-state index contributed by atoms with van der Waals surface area (Å²) in [6.45, 7) is 1.63. The Kier molecular flexibility index (Phi) is 3.96. The van der Waals surface area contributed by atoms with E-state index in [0.717, 1.165) is 0 Å². The van der Waals surface area contributed by atoms with E-state index < -0.39 is 12.0 Å². The number of hydrogen-bond donors (Lipinski definition) is 1. The predicted octanol–water partition coefficient (Wildman–Crippen LogP) is 2.54. The maximum Gasteiger partial charge on any atom is 0.126 e. The van der Waals surface area contributed by atoms with E-state index in [1.807, 2.05) is 6.07 Å². The van der Waals surface area contributed by atoms with Gasteiger partial charge in [0.15, 0.2) is 0 Å². The Bertz CT molecular complexity index is 387. The van der Waals surface area contributed by atoms with Gasteiger partial charge in [-0.15, -0.1) is 0 Å². The molecule has 4 heteroatoms. The molecule has 1 rings (SSSR count). The number of hydrogen-bond acceptors (Lipinski definition) is 3. The summed E-state index contributed by atoms with van der Waals surface area (Å²) in [5, 5.41) is 19.0. The fourth-order valence-electron chi connectivity index (χ4n) is 1.30. The molecule has 0 aliphatic rings. The van der Waals surface area contributed by atoms with E-state index in [1.54, 1.807) is 25.1 Å². The van der Waals surface area contributed by atoms with Crippen molar-refractivity contribution in [3.63, 3.8) is 0 Å². The molecule has 0 heterocycles. The average Bonchev–Trinajstić information content (AvgIpc) is 2.26. The highest BCUT2D eigenvalue weighted by Gasteiger charge is 2.22. The second-order valence-corrected chi connectivity index (χ2v) is 3.63. The first-order chi connectivity index (χ1) is 7.11. The zero-order valence-corrected chi connectivity index (χ0v) is 9.32. The fourth-order valence-corrected chi connectivity index (χ4v) is 1.58. The first-order valence-electron chi connectivity index (χ1n) is 4.52. The molecule has 0 aromatic heterocycles. The van der Waals surface area contributed by atoms with Gasteiger partial charge in [-0.2, -0.15) is 5.26 Å². The molecular formula is C11H12ClNO2. The molecule has 0 spiro atoms. The van der Waals surface area contributed by atoms with Crippen LogP contribution >= 0.6 is 11.6 Å². The lowest BCUT2D eigenvalue weighted by atomic mass is 9.98. The molecule has 15 heavy (non-hydrogen) atoms. The van der Waals surface area contributed by atoms with Gasteiger partial charge in [-0.3, -0.25) is 0 Å². The molecule has 0 amide bonds. The van der Waals surface area contributed by atoms with E-state index in [2.05, 4.69) is 0 Å². The number of aliphatic hydroxyl groups excluding tert-OH is 1. The van der Waals surface area contributed by atoms with Crippen LogP contribution in [0.1, 0.15) is 18.6 Å². The van der Waals surface area contributed by atoms with Gasteiger partial charge in [0, 0.05) is 5.56 Å². The molecule has 2 atom stereocenters. The van der Waals surface area contributed by atoms with Crippen molar-refractivity contribution < 1.29 is 9.84 Å². The van der Waals surface area contributed by atoms with Crippen molar-refractivity contribution in [2.24, 2.45) is 5.92 Å². The summed E-state index contributed by atoms with van der Waals surface area (Å²) < 4.78 is 5.09. The molecule has 0 aliphatic heterocycles. The van der Waals surface area contributed by atoms with E-state index in [9.17, 15) is 5.11 Å². The second kappa shape index (κ2) is 5.01. The third kappa shape index (κ3) is 2.41. The molecule has 0 saturated carbocycles. The topological polar surface area (TPSA) is 53.2 Å². The van der Waals surface area contributed by atoms with Crippen LogP contribution in [0.5, 0.6) is 5.75 Å². The predicted molar refractivity (Wildman–Crippen MR) is 57.7 cm³/mol. The fraction of sp³-hybridized carbons (Fsp3) is 0.364. The van der Waals surface area contributed by atoms with Crippen LogP contribution in [0.2, 0.25) is 5.02 Å². The van der Waals surface area contributed by atoms with E-state index in [-0.39, 0.29) is 0 Å². The largest absolute Gasteiger partial charge is 0.496 e. The van der Waals surface area contributed by atoms with Crippen molar-refractivity contribution in [1.29, 1.82) is 5.26 Å². The van der Waals surface area contributed by atoms with Gasteiger partial charge in [0.25, 0.3) is 0 Å². The van der Waals surface area contributed by atoms with Crippen molar-refractivity contribution in [3.8, 4) is 11.8 Å². The van der Waals surface area contributed by atoms with Crippen molar-refractivity contribution in [3.05, 3.63) is 28.8 Å². The zero-order chi connectivity index (χ0) is 11.4. The normalized spacial score (nSPS) is 14.1. The Labute approximate surface area is 93.9 Å². The van der Waals surface area contributed by atoms with Gasteiger partial charge >= 0.3 is 0 Å². The van der Waals surface area contributed by atoms with Gasteiger partial charge in [-0.05, 0) is 19.1 Å². The van der Waals surface area contributed by atoms with Crippen molar-refractivity contribution in [2.45, 2.75) is 13.0 Å². The molecule has 0 radical (unpaired) electrons. The van der Waals surface area contributed by atoms with Gasteiger partial charge < -0.3 is 9.84 Å². The third-order valence-corrected chi connectivity index (χ3v) is 2.54. The Balaban J connectivity index is 3.18. The number of methoxy groups -OCH3 is 1. The van der Waals surface area contributed by atoms with Crippen LogP contribution in [0.15, 0.2) is 18.2 Å². The molecule has 80 valence electrons. The molecule has 0 fully saturated rings. The lowest BCUT2D eigenvalue weighted by molar-refractivity contribution is 0.139. The standard InChI is InChI=1S/C11H12ClNO2/c1-7(6-13)11(14)10-8(12)4-3-5-9(10)15-2/h3-5,7,11,14H,1-2H3. The Morgan fingerprint density at radius 3 is 2.73 bits per heavy atom. The van der Waals surface area contributed by atoms with Gasteiger partial charge in [0.2, 0.25) is 0 Å². The highest BCUT2D eigenvalue weighted by Crippen LogP contribution is 2.35. The van der Waals surface area contributed by atoms with Crippen molar-refractivity contribution in [2.75, 3.05) is 7.11 Å². The molecule has 0 aliphatic carbocycles. The third-order valence-electron chi connectivity index (χ3n) is 2.21. The zero-order valence-electron chi connectivity index (χ0n) is 8.57. The first-order valence-corrected chi connectivity index (χ1v) is 4.89. The van der Waals surface area contributed by atoms with Gasteiger partial charge in [0.1, 0.15) is 5.75 Å². The van der Waals surface area contributed by atoms with Gasteiger partial charge in [0.05, 0.1) is 30.2 Å². The number of nitrogens with zero attached hydrogens (tertiary/aromatic N) is 1. The molecule has 3 nitrogen and oxygen atoms in total. The molecular weight excluding hydrogens is 214 g/mol. The maximum absolute atomic E-state index is 9.89. The molecule has 2 unspecified atom stereocenters. The number of benzene rings is 1. The van der Waals surface area contributed by atoms with E-state index in [4.69, 9.17) is 21.6 Å². The monoisotopic (exact) mass is 225 g/mol. The highest BCUT2D eigenvalue weighted by molar-refractivity contribution is 6.31. The van der Waals surface area contributed by atoms with E-state index >= 15 is 0 Å². The summed E-state index contributed by atoms with van der Waals surface area (Å²) in [6.07, 6.45) is -0.932. The maximum atomic E-state index is 9.89. The highest BCUT2D eigenvalue weighted by atomic mass is 35.5. The number of rotatable bonds is 3. The van der Waals surface area contributed by atoms with E-state index in [1.165, 1.54) is 7.11 Å². The van der Waals surface area contributed by atoms with Gasteiger partial charge in [-0.25, -0.2) is 0 Å². The average molecular weight is 226 g/mol. The van der Waals surface area contributed by atoms with Crippen LogP contribution in [0, 0.1) is 17.2 Å². The van der Waals surface area contributed by atoms with Crippen LogP contribution in [0.3, 0.4) is 0 Å². The number of halogens is 1. The van der Waals surface area contributed by atoms with Crippen molar-refractivity contribution in [1.82, 2.24) is 0 Å². The molecule has 0 saturated heterocycles. The van der Waals surface area contributed by atoms with Crippen molar-refractivity contribution >= 4 is 11.6 Å². The number of ether oxygens (including phenoxy) is 1. The SMILES string of the molecule is COc1cccc(Cl)c1C(O)C(C)C#N. The summed E-state index contributed by atoms with van der Waals surface area (Å²) in [4.78, 5) is 0. The lowest BCUT2D eigenvalue weighted by Crippen LogP contribution is -2.09. The first kappa shape index (κ1) is 11.8. The van der Waals surface area contributed by atoms with Crippen LogP contribution in [0.4, 0.5) is 0 Å². The Morgan fingerprint density at radius 1 is 1.53 bits per heavy atom. The molecule has 1 N–H and O–H groups in total. The van der Waals surface area contributed by atoms with Crippen LogP contribution in [-0.2, 0) is 0 Å². The summed E-state index contributed by atoms with van der Waals surface area (Å²) >= 11 is 5.95.